The minimum atomic E-state index is -0.354. The molecule has 1 saturated heterocycles. The summed E-state index contributed by atoms with van der Waals surface area (Å²) in [6.07, 6.45) is 52.9. The normalized spacial score (nSPS) is 19.0. The van der Waals surface area contributed by atoms with Gasteiger partial charge in [0.05, 0.1) is 33.4 Å². The summed E-state index contributed by atoms with van der Waals surface area (Å²) in [7, 11) is 4.40. The van der Waals surface area contributed by atoms with Gasteiger partial charge in [0.25, 0.3) is 0 Å². The van der Waals surface area contributed by atoms with Crippen LogP contribution in [0.1, 0.15) is 187 Å². The van der Waals surface area contributed by atoms with Gasteiger partial charge in [-0.25, -0.2) is 0 Å². The highest BCUT2D eigenvalue weighted by atomic mass is 35.5. The van der Waals surface area contributed by atoms with Crippen LogP contribution in [0, 0.1) is 0 Å². The second kappa shape index (κ2) is 32.1. The third kappa shape index (κ3) is 26.9. The summed E-state index contributed by atoms with van der Waals surface area (Å²) in [4.78, 5) is 0. The van der Waals surface area contributed by atoms with Crippen molar-refractivity contribution in [2.75, 3.05) is 33.3 Å². The molecule has 0 saturated carbocycles. The highest BCUT2D eigenvalue weighted by molar-refractivity contribution is 6.16. The minimum absolute atomic E-state index is 0.208. The molecule has 0 amide bonds. The zero-order valence-corrected chi connectivity index (χ0v) is 33.3. The fraction of sp³-hybridized carbons (Fsp3) is 0.818. The first-order chi connectivity index (χ1) is 23.5. The molecule has 1 fully saturated rings. The minimum Gasteiger partial charge on any atom is -0.347 e. The third-order valence-corrected chi connectivity index (χ3v) is 10.5. The molecule has 1 aliphatic rings. The number of quaternary nitrogens is 1. The molecule has 1 aliphatic heterocycles. The second-order valence-corrected chi connectivity index (χ2v) is 15.4. The molecule has 3 nitrogen and oxygen atoms in total. The van der Waals surface area contributed by atoms with Gasteiger partial charge < -0.3 is 14.0 Å². The Hall–Kier alpha value is -0.870. The Morgan fingerprint density at radius 1 is 0.562 bits per heavy atom. The third-order valence-electron chi connectivity index (χ3n) is 9.81. The van der Waals surface area contributed by atoms with E-state index < -0.39 is 0 Å². The molecule has 0 aliphatic carbocycles. The van der Waals surface area contributed by atoms with E-state index >= 15 is 0 Å². The highest BCUT2D eigenvalue weighted by Crippen LogP contribution is 2.36. The number of hydrogen-bond donors (Lipinski definition) is 0. The van der Waals surface area contributed by atoms with E-state index in [0.29, 0.717) is 6.00 Å². The first-order valence-electron chi connectivity index (χ1n) is 20.8. The molecule has 280 valence electrons. The highest BCUT2D eigenvalue weighted by Gasteiger charge is 2.40. The topological polar surface area (TPSA) is 18.5 Å². The lowest BCUT2D eigenvalue weighted by atomic mass is 9.98. The molecule has 0 radical (unpaired) electrons. The number of hydrogen-bond acceptors (Lipinski definition) is 2. The van der Waals surface area contributed by atoms with Crippen LogP contribution in [0.15, 0.2) is 48.6 Å². The Balaban J connectivity index is 2.24. The molecule has 0 N–H and O–H groups in total. The lowest BCUT2D eigenvalue weighted by Gasteiger charge is -2.30. The smallest absolute Gasteiger partial charge is 0.168 e. The number of unbranched alkanes of at least 4 members (excludes halogenated alkanes) is 18. The van der Waals surface area contributed by atoms with Crippen LogP contribution < -0.4 is 0 Å². The summed E-state index contributed by atoms with van der Waals surface area (Å²) < 4.78 is 14.1. The zero-order valence-electron chi connectivity index (χ0n) is 32.6. The fourth-order valence-electron chi connectivity index (χ4n) is 6.46. The van der Waals surface area contributed by atoms with E-state index in [9.17, 15) is 0 Å². The summed E-state index contributed by atoms with van der Waals surface area (Å²) >= 11 is 6.19. The van der Waals surface area contributed by atoms with Gasteiger partial charge in [0.15, 0.2) is 11.8 Å². The van der Waals surface area contributed by atoms with Crippen molar-refractivity contribution in [2.24, 2.45) is 0 Å². The van der Waals surface area contributed by atoms with Gasteiger partial charge in [-0.15, -0.1) is 0 Å². The van der Waals surface area contributed by atoms with Crippen molar-refractivity contribution in [2.45, 2.75) is 199 Å². The number of nitrogens with zero attached hydrogens (tertiary/aromatic N) is 1. The largest absolute Gasteiger partial charge is 0.347 e. The van der Waals surface area contributed by atoms with E-state index in [1.165, 1.54) is 141 Å². The molecule has 0 bridgehead atoms. The van der Waals surface area contributed by atoms with Gasteiger partial charge >= 0.3 is 0 Å². The quantitative estimate of drug-likeness (QED) is 0.0220. The van der Waals surface area contributed by atoms with Crippen molar-refractivity contribution < 1.29 is 14.0 Å². The van der Waals surface area contributed by atoms with Crippen molar-refractivity contribution in [3.05, 3.63) is 48.6 Å². The fourth-order valence-corrected chi connectivity index (χ4v) is 6.58. The predicted octanol–water partition coefficient (Wildman–Crippen LogP) is 14.2. The van der Waals surface area contributed by atoms with Gasteiger partial charge in [0, 0.05) is 19.3 Å². The van der Waals surface area contributed by atoms with Crippen LogP contribution in [-0.2, 0) is 9.47 Å². The van der Waals surface area contributed by atoms with Crippen LogP contribution >= 0.6 is 11.6 Å². The first kappa shape index (κ1) is 45.2. The Bertz CT molecular complexity index is 769. The van der Waals surface area contributed by atoms with E-state index in [1.807, 2.05) is 0 Å². The molecular formula is C44H81ClNO2+. The number of allylic oxidation sites excluding steroid dienone is 8. The van der Waals surface area contributed by atoms with E-state index in [4.69, 9.17) is 21.1 Å². The zero-order chi connectivity index (χ0) is 34.9. The van der Waals surface area contributed by atoms with E-state index in [1.54, 1.807) is 0 Å². The summed E-state index contributed by atoms with van der Waals surface area (Å²) in [5, 5.41) is 0. The van der Waals surface area contributed by atoms with Crippen molar-refractivity contribution >= 4 is 11.6 Å². The van der Waals surface area contributed by atoms with Crippen molar-refractivity contribution in [1.82, 2.24) is 0 Å². The standard InChI is InChI=1S/C44H81ClNO2/c1-5-7-9-11-13-15-17-19-21-23-25-27-29-31-33-35-38-44(47-41-43(48-44)37-40-46(3,4)42-45)39-36-34-32-30-28-26-24-22-20-18-16-14-12-10-8-6-2/h13-16,19-22,43H,5-12,17-18,23-42H2,1-4H3/q+1/b15-13-,16-14+,21-19-,22-20+. The molecule has 0 aromatic heterocycles. The monoisotopic (exact) mass is 691 g/mol. The Morgan fingerprint density at radius 3 is 1.38 bits per heavy atom. The molecule has 0 spiro atoms. The molecule has 48 heavy (non-hydrogen) atoms. The molecular weight excluding hydrogens is 610 g/mol. The molecule has 4 heteroatoms. The van der Waals surface area contributed by atoms with Crippen LogP contribution in [0.25, 0.3) is 0 Å². The van der Waals surface area contributed by atoms with E-state index in [-0.39, 0.29) is 11.9 Å². The molecule has 0 aromatic rings. The maximum Gasteiger partial charge on any atom is 0.168 e. The number of rotatable bonds is 34. The van der Waals surface area contributed by atoms with Gasteiger partial charge in [0.1, 0.15) is 0 Å². The molecule has 2 unspecified atom stereocenters. The van der Waals surface area contributed by atoms with E-state index in [2.05, 4.69) is 76.6 Å². The molecule has 0 aromatic carbocycles. The second-order valence-electron chi connectivity index (χ2n) is 15.2. The maximum absolute atomic E-state index is 6.74. The molecule has 1 heterocycles. The number of halogens is 1. The van der Waals surface area contributed by atoms with Crippen LogP contribution in [0.5, 0.6) is 0 Å². The molecule has 1 rings (SSSR count). The van der Waals surface area contributed by atoms with Crippen LogP contribution in [0.2, 0.25) is 0 Å². The van der Waals surface area contributed by atoms with Crippen LogP contribution in [0.3, 0.4) is 0 Å². The Kier molecular flexibility index (Phi) is 30.2. The van der Waals surface area contributed by atoms with Crippen molar-refractivity contribution in [1.29, 1.82) is 0 Å². The van der Waals surface area contributed by atoms with Gasteiger partial charge in [-0.05, 0) is 77.0 Å². The molecule has 2 atom stereocenters. The van der Waals surface area contributed by atoms with Gasteiger partial charge in [-0.3, -0.25) is 0 Å². The van der Waals surface area contributed by atoms with Crippen LogP contribution in [-0.4, -0.2) is 49.6 Å². The predicted molar refractivity (Wildman–Crippen MR) is 214 cm³/mol. The lowest BCUT2D eigenvalue weighted by molar-refractivity contribution is -0.879. The summed E-state index contributed by atoms with van der Waals surface area (Å²) in [5.74, 6) is -0.354. The van der Waals surface area contributed by atoms with Gasteiger partial charge in [-0.2, -0.15) is 0 Å². The average molecular weight is 692 g/mol. The Labute approximate surface area is 305 Å². The number of ether oxygens (including phenoxy) is 2. The van der Waals surface area contributed by atoms with Crippen molar-refractivity contribution in [3.8, 4) is 0 Å². The number of alkyl halides is 1. The first-order valence-corrected chi connectivity index (χ1v) is 21.3. The average Bonchev–Trinajstić information content (AvgIpc) is 3.50. The SMILES string of the molecule is CCCCC/C=C\C/C=C\CCCCCCCCC1(CCCCCCCC/C=C/C/C=C/CCCCC)OCC(CC[N+](C)(C)CCl)O1. The maximum atomic E-state index is 6.74. The Morgan fingerprint density at radius 2 is 0.958 bits per heavy atom. The summed E-state index contributed by atoms with van der Waals surface area (Å²) in [6, 6.07) is 0.637. The van der Waals surface area contributed by atoms with E-state index in [0.717, 1.165) is 49.7 Å². The summed E-state index contributed by atoms with van der Waals surface area (Å²) in [6.45, 7) is 6.31. The lowest BCUT2D eigenvalue weighted by Crippen LogP contribution is -2.41. The van der Waals surface area contributed by atoms with Gasteiger partial charge in [-0.1, -0.05) is 151 Å². The van der Waals surface area contributed by atoms with Crippen LogP contribution in [0.4, 0.5) is 0 Å². The summed E-state index contributed by atoms with van der Waals surface area (Å²) in [5.41, 5.74) is 0. The van der Waals surface area contributed by atoms with Crippen molar-refractivity contribution in [3.63, 3.8) is 0 Å². The van der Waals surface area contributed by atoms with Gasteiger partial charge in [0.2, 0.25) is 0 Å².